The molecule has 26 heavy (non-hydrogen) atoms. The first-order valence-electron chi connectivity index (χ1n) is 7.47. The minimum atomic E-state index is -0.510. The van der Waals surface area contributed by atoms with Crippen molar-refractivity contribution in [2.45, 2.75) is 6.54 Å². The molecule has 1 aliphatic rings. The van der Waals surface area contributed by atoms with Gasteiger partial charge in [0.25, 0.3) is 16.8 Å². The number of hydrogen-bond acceptors (Lipinski definition) is 6. The Kier molecular flexibility index (Phi) is 4.82. The Morgan fingerprint density at radius 1 is 1.12 bits per heavy atom. The molecular weight excluding hydrogens is 354 g/mol. The van der Waals surface area contributed by atoms with Gasteiger partial charge in [0.15, 0.2) is 0 Å². The average molecular weight is 365 g/mol. The third-order valence-electron chi connectivity index (χ3n) is 3.70. The zero-order valence-electron chi connectivity index (χ0n) is 13.3. The number of rotatable bonds is 4. The first-order valence-corrected chi connectivity index (χ1v) is 8.28. The molecule has 1 aliphatic heterocycles. The summed E-state index contributed by atoms with van der Waals surface area (Å²) in [6.07, 6.45) is 1.60. The monoisotopic (exact) mass is 365 g/mol. The second-order valence-corrected chi connectivity index (χ2v) is 6.42. The standard InChI is InChI=1S/C18H11N3O4S/c19-10-13-3-1-12(2-4-13)9-16-17(22)20(18(23)26-16)11-14-5-7-15(8-6-14)21(24)25/h1-9H,11H2/b16-9-. The van der Waals surface area contributed by atoms with Crippen molar-refractivity contribution in [1.82, 2.24) is 4.90 Å². The van der Waals surface area contributed by atoms with Crippen LogP contribution < -0.4 is 0 Å². The van der Waals surface area contributed by atoms with Crippen LogP contribution in [-0.2, 0) is 11.3 Å². The molecular formula is C18H11N3O4S. The van der Waals surface area contributed by atoms with Crippen molar-refractivity contribution in [1.29, 1.82) is 5.26 Å². The van der Waals surface area contributed by atoms with Gasteiger partial charge in [-0.25, -0.2) is 0 Å². The van der Waals surface area contributed by atoms with Crippen LogP contribution in [0.2, 0.25) is 0 Å². The maximum atomic E-state index is 12.5. The fourth-order valence-corrected chi connectivity index (χ4v) is 3.19. The lowest BCUT2D eigenvalue weighted by atomic mass is 10.1. The molecule has 8 heteroatoms. The van der Waals surface area contributed by atoms with Crippen molar-refractivity contribution >= 4 is 34.7 Å². The molecule has 1 fully saturated rings. The van der Waals surface area contributed by atoms with Crippen molar-refractivity contribution in [3.63, 3.8) is 0 Å². The van der Waals surface area contributed by atoms with Crippen LogP contribution in [0.25, 0.3) is 6.08 Å². The summed E-state index contributed by atoms with van der Waals surface area (Å²) in [4.78, 5) is 36.2. The summed E-state index contributed by atoms with van der Waals surface area (Å²) in [5.41, 5.74) is 1.79. The number of carbonyl (C=O) groups is 2. The van der Waals surface area contributed by atoms with Gasteiger partial charge in [-0.05, 0) is 41.1 Å². The molecule has 1 heterocycles. The number of imide groups is 1. The van der Waals surface area contributed by atoms with E-state index in [-0.39, 0.29) is 12.2 Å². The largest absolute Gasteiger partial charge is 0.293 e. The molecule has 128 valence electrons. The number of benzene rings is 2. The Labute approximate surface area is 152 Å². The zero-order valence-corrected chi connectivity index (χ0v) is 14.1. The summed E-state index contributed by atoms with van der Waals surface area (Å²) in [6, 6.07) is 14.4. The number of nitro benzene ring substituents is 1. The molecule has 0 unspecified atom stereocenters. The highest BCUT2D eigenvalue weighted by Gasteiger charge is 2.35. The van der Waals surface area contributed by atoms with Gasteiger partial charge in [-0.1, -0.05) is 24.3 Å². The predicted octanol–water partition coefficient (Wildman–Crippen LogP) is 3.70. The topological polar surface area (TPSA) is 104 Å². The van der Waals surface area contributed by atoms with Crippen LogP contribution in [0.15, 0.2) is 53.4 Å². The molecule has 2 aromatic carbocycles. The first-order chi connectivity index (χ1) is 12.5. The zero-order chi connectivity index (χ0) is 18.7. The summed E-state index contributed by atoms with van der Waals surface area (Å²) < 4.78 is 0. The summed E-state index contributed by atoms with van der Waals surface area (Å²) in [5, 5.41) is 19.1. The second-order valence-electron chi connectivity index (χ2n) is 5.43. The SMILES string of the molecule is N#Cc1ccc(/C=C2\SC(=O)N(Cc3ccc([N+](=O)[O-])cc3)C2=O)cc1. The Morgan fingerprint density at radius 2 is 1.77 bits per heavy atom. The summed E-state index contributed by atoms with van der Waals surface area (Å²) >= 11 is 0.839. The molecule has 0 saturated carbocycles. The summed E-state index contributed by atoms with van der Waals surface area (Å²) in [5.74, 6) is -0.414. The molecule has 2 aromatic rings. The molecule has 2 amide bonds. The van der Waals surface area contributed by atoms with Gasteiger partial charge in [-0.15, -0.1) is 0 Å². The molecule has 0 aliphatic carbocycles. The van der Waals surface area contributed by atoms with Gasteiger partial charge in [0.05, 0.1) is 28.0 Å². The highest BCUT2D eigenvalue weighted by Crippen LogP contribution is 2.33. The average Bonchev–Trinajstić information content (AvgIpc) is 2.90. The lowest BCUT2D eigenvalue weighted by Gasteiger charge is -2.12. The maximum Gasteiger partial charge on any atom is 0.293 e. The lowest BCUT2D eigenvalue weighted by Crippen LogP contribution is -2.27. The van der Waals surface area contributed by atoms with Gasteiger partial charge in [-0.3, -0.25) is 24.6 Å². The molecule has 7 nitrogen and oxygen atoms in total. The van der Waals surface area contributed by atoms with Gasteiger partial charge >= 0.3 is 0 Å². The fraction of sp³-hybridized carbons (Fsp3) is 0.0556. The van der Waals surface area contributed by atoms with E-state index in [1.54, 1.807) is 30.3 Å². The van der Waals surface area contributed by atoms with Crippen LogP contribution in [-0.4, -0.2) is 21.0 Å². The molecule has 0 aromatic heterocycles. The number of thioether (sulfide) groups is 1. The molecule has 0 spiro atoms. The van der Waals surface area contributed by atoms with Crippen molar-refractivity contribution < 1.29 is 14.5 Å². The number of hydrogen-bond donors (Lipinski definition) is 0. The molecule has 0 bridgehead atoms. The van der Waals surface area contributed by atoms with Crippen molar-refractivity contribution in [3.05, 3.63) is 80.2 Å². The molecule has 0 atom stereocenters. The summed E-state index contributed by atoms with van der Waals surface area (Å²) in [6.45, 7) is 0.0490. The highest BCUT2D eigenvalue weighted by molar-refractivity contribution is 8.18. The molecule has 3 rings (SSSR count). The fourth-order valence-electron chi connectivity index (χ4n) is 2.35. The number of nitro groups is 1. The van der Waals surface area contributed by atoms with E-state index in [0.29, 0.717) is 21.6 Å². The van der Waals surface area contributed by atoms with Crippen LogP contribution in [0.4, 0.5) is 10.5 Å². The van der Waals surface area contributed by atoms with Crippen LogP contribution in [0, 0.1) is 21.4 Å². The normalized spacial score (nSPS) is 15.3. The van der Waals surface area contributed by atoms with E-state index >= 15 is 0 Å². The number of nitrogens with zero attached hydrogens (tertiary/aromatic N) is 3. The van der Waals surface area contributed by atoms with Crippen LogP contribution in [0.5, 0.6) is 0 Å². The van der Waals surface area contributed by atoms with E-state index in [1.807, 2.05) is 6.07 Å². The Morgan fingerprint density at radius 3 is 2.35 bits per heavy atom. The number of nitriles is 1. The van der Waals surface area contributed by atoms with E-state index in [4.69, 9.17) is 5.26 Å². The van der Waals surface area contributed by atoms with Gasteiger partial charge < -0.3 is 0 Å². The quantitative estimate of drug-likeness (QED) is 0.465. The Balaban J connectivity index is 1.76. The van der Waals surface area contributed by atoms with E-state index in [0.717, 1.165) is 16.7 Å². The van der Waals surface area contributed by atoms with Crippen LogP contribution in [0.3, 0.4) is 0 Å². The highest BCUT2D eigenvalue weighted by atomic mass is 32.2. The predicted molar refractivity (Wildman–Crippen MR) is 95.8 cm³/mol. The Hall–Kier alpha value is -3.44. The van der Waals surface area contributed by atoms with Crippen molar-refractivity contribution in [2.75, 3.05) is 0 Å². The number of amides is 2. The van der Waals surface area contributed by atoms with Crippen molar-refractivity contribution in [3.8, 4) is 6.07 Å². The second kappa shape index (κ2) is 7.21. The van der Waals surface area contributed by atoms with Gasteiger partial charge in [0.2, 0.25) is 0 Å². The smallest absolute Gasteiger partial charge is 0.268 e. The third-order valence-corrected chi connectivity index (χ3v) is 4.61. The Bertz CT molecular complexity index is 959. The molecule has 0 N–H and O–H groups in total. The number of carbonyl (C=O) groups excluding carboxylic acids is 2. The molecule has 0 radical (unpaired) electrons. The lowest BCUT2D eigenvalue weighted by molar-refractivity contribution is -0.384. The van der Waals surface area contributed by atoms with E-state index in [1.165, 1.54) is 24.3 Å². The minimum absolute atomic E-state index is 0.0490. The maximum absolute atomic E-state index is 12.5. The third kappa shape index (κ3) is 3.63. The van der Waals surface area contributed by atoms with Crippen LogP contribution in [0.1, 0.15) is 16.7 Å². The first kappa shape index (κ1) is 17.4. The molecule has 1 saturated heterocycles. The summed E-state index contributed by atoms with van der Waals surface area (Å²) in [7, 11) is 0. The minimum Gasteiger partial charge on any atom is -0.268 e. The van der Waals surface area contributed by atoms with Crippen LogP contribution >= 0.6 is 11.8 Å². The van der Waals surface area contributed by atoms with Gasteiger partial charge in [-0.2, -0.15) is 5.26 Å². The number of non-ortho nitro benzene ring substituents is 1. The van der Waals surface area contributed by atoms with E-state index < -0.39 is 16.1 Å². The van der Waals surface area contributed by atoms with Crippen molar-refractivity contribution in [2.24, 2.45) is 0 Å². The van der Waals surface area contributed by atoms with Gasteiger partial charge in [0, 0.05) is 12.1 Å². The van der Waals surface area contributed by atoms with E-state index in [2.05, 4.69) is 0 Å². The van der Waals surface area contributed by atoms with Gasteiger partial charge in [0.1, 0.15) is 0 Å². The van der Waals surface area contributed by atoms with E-state index in [9.17, 15) is 19.7 Å².